The Morgan fingerprint density at radius 3 is 1.19 bits per heavy atom. The van der Waals surface area contributed by atoms with Crippen LogP contribution < -0.4 is 4.90 Å². The third kappa shape index (κ3) is 4.92. The van der Waals surface area contributed by atoms with Gasteiger partial charge in [0.05, 0.1) is 5.41 Å². The fourth-order valence-corrected chi connectivity index (χ4v) is 11.1. The van der Waals surface area contributed by atoms with Crippen LogP contribution in [-0.4, -0.2) is 0 Å². The highest BCUT2D eigenvalue weighted by atomic mass is 16.3. The van der Waals surface area contributed by atoms with Crippen LogP contribution in [0.25, 0.3) is 88.4 Å². The number of hydrogen-bond acceptors (Lipinski definition) is 3. The Kier molecular flexibility index (Phi) is 7.32. The summed E-state index contributed by atoms with van der Waals surface area (Å²) in [5.41, 5.74) is 21.4. The molecule has 2 aliphatic rings. The van der Waals surface area contributed by atoms with Crippen molar-refractivity contribution in [3.63, 3.8) is 0 Å². The average Bonchev–Trinajstić information content (AvgIpc) is 4.09. The number of para-hydroxylation sites is 2. The number of nitrogens with zero attached hydrogens (tertiary/aromatic N) is 1. The second-order valence-corrected chi connectivity index (χ2v) is 17.2. The monoisotopic (exact) mass is 815 g/mol. The number of fused-ring (bicyclic) bond motifs is 16. The van der Waals surface area contributed by atoms with Gasteiger partial charge in [-0.1, -0.05) is 152 Å². The zero-order valence-electron chi connectivity index (χ0n) is 34.6. The lowest BCUT2D eigenvalue weighted by atomic mass is 9.70. The molecule has 3 heteroatoms. The molecule has 64 heavy (non-hydrogen) atoms. The predicted molar refractivity (Wildman–Crippen MR) is 263 cm³/mol. The quantitative estimate of drug-likeness (QED) is 0.173. The van der Waals surface area contributed by atoms with E-state index in [-0.39, 0.29) is 0 Å². The highest BCUT2D eigenvalue weighted by Gasteiger charge is 2.51. The standard InChI is InChI=1S/C61H37NO2/c1-6-22-53-45(17-1)46-18-2-7-23-54(46)61(53)55-24-8-3-19-47(55)48-30-29-44(37-56(48)61)62(42-15-11-13-38(33-42)40-27-31-59-51(35-40)49-20-4-9-25-57(49)63-59)43-16-12-14-39(34-43)41-28-32-60-52(36-41)50-21-5-10-26-58(50)64-60/h1-37H. The van der Waals surface area contributed by atoms with E-state index in [1.54, 1.807) is 0 Å². The molecule has 0 saturated carbocycles. The van der Waals surface area contributed by atoms with Gasteiger partial charge < -0.3 is 13.7 Å². The lowest BCUT2D eigenvalue weighted by molar-refractivity contribution is 0.668. The Morgan fingerprint density at radius 1 is 0.266 bits per heavy atom. The van der Waals surface area contributed by atoms with Crippen LogP contribution >= 0.6 is 0 Å². The molecule has 2 aromatic heterocycles. The largest absolute Gasteiger partial charge is 0.456 e. The molecule has 0 bridgehead atoms. The number of benzene rings is 10. The highest BCUT2D eigenvalue weighted by molar-refractivity contribution is 6.07. The Labute approximate surface area is 369 Å². The maximum Gasteiger partial charge on any atom is 0.135 e. The van der Waals surface area contributed by atoms with Crippen molar-refractivity contribution in [2.45, 2.75) is 5.41 Å². The summed E-state index contributed by atoms with van der Waals surface area (Å²) in [7, 11) is 0. The van der Waals surface area contributed by atoms with Gasteiger partial charge in [-0.05, 0) is 140 Å². The normalized spacial score (nSPS) is 13.1. The van der Waals surface area contributed by atoms with Crippen LogP contribution in [0.4, 0.5) is 17.1 Å². The minimum absolute atomic E-state index is 0.462. The summed E-state index contributed by atoms with van der Waals surface area (Å²) < 4.78 is 12.5. The van der Waals surface area contributed by atoms with Gasteiger partial charge in [0.1, 0.15) is 22.3 Å². The van der Waals surface area contributed by atoms with E-state index in [0.717, 1.165) is 83.2 Å². The molecule has 2 heterocycles. The van der Waals surface area contributed by atoms with Crippen molar-refractivity contribution in [3.8, 4) is 44.5 Å². The second-order valence-electron chi connectivity index (χ2n) is 17.2. The minimum atomic E-state index is -0.462. The minimum Gasteiger partial charge on any atom is -0.456 e. The molecule has 10 aromatic carbocycles. The first kappa shape index (κ1) is 35.2. The molecule has 0 fully saturated rings. The first-order valence-corrected chi connectivity index (χ1v) is 22.0. The average molecular weight is 816 g/mol. The molecule has 0 saturated heterocycles. The maximum absolute atomic E-state index is 6.24. The van der Waals surface area contributed by atoms with Crippen LogP contribution in [0.3, 0.4) is 0 Å². The van der Waals surface area contributed by atoms with E-state index in [1.165, 1.54) is 44.5 Å². The van der Waals surface area contributed by atoms with Gasteiger partial charge >= 0.3 is 0 Å². The molecule has 14 rings (SSSR count). The lowest BCUT2D eigenvalue weighted by Gasteiger charge is -2.32. The Bertz CT molecular complexity index is 3660. The molecule has 0 atom stereocenters. The van der Waals surface area contributed by atoms with Crippen molar-refractivity contribution >= 4 is 60.9 Å². The third-order valence-corrected chi connectivity index (χ3v) is 13.9. The molecule has 12 aromatic rings. The van der Waals surface area contributed by atoms with E-state index >= 15 is 0 Å². The topological polar surface area (TPSA) is 29.5 Å². The molecular weight excluding hydrogens is 779 g/mol. The molecule has 3 nitrogen and oxygen atoms in total. The van der Waals surface area contributed by atoms with Crippen LogP contribution in [0.5, 0.6) is 0 Å². The molecule has 2 aliphatic carbocycles. The van der Waals surface area contributed by atoms with Gasteiger partial charge in [-0.15, -0.1) is 0 Å². The molecule has 0 unspecified atom stereocenters. The van der Waals surface area contributed by atoms with Gasteiger partial charge in [-0.2, -0.15) is 0 Å². The van der Waals surface area contributed by atoms with Gasteiger partial charge in [0.25, 0.3) is 0 Å². The van der Waals surface area contributed by atoms with Gasteiger partial charge in [-0.25, -0.2) is 0 Å². The Hall–Kier alpha value is -8.40. The summed E-state index contributed by atoms with van der Waals surface area (Å²) >= 11 is 0. The van der Waals surface area contributed by atoms with Crippen LogP contribution in [0, 0.1) is 0 Å². The van der Waals surface area contributed by atoms with Gasteiger partial charge in [-0.3, -0.25) is 0 Å². The molecule has 0 amide bonds. The predicted octanol–water partition coefficient (Wildman–Crippen LogP) is 16.6. The van der Waals surface area contributed by atoms with E-state index in [9.17, 15) is 0 Å². The van der Waals surface area contributed by atoms with Crippen molar-refractivity contribution in [3.05, 3.63) is 247 Å². The van der Waals surface area contributed by atoms with E-state index in [1.807, 2.05) is 24.3 Å². The fraction of sp³-hybridized carbons (Fsp3) is 0.0164. The maximum atomic E-state index is 6.24. The van der Waals surface area contributed by atoms with E-state index in [4.69, 9.17) is 8.83 Å². The lowest BCUT2D eigenvalue weighted by Crippen LogP contribution is -2.26. The summed E-state index contributed by atoms with van der Waals surface area (Å²) in [6.45, 7) is 0. The first-order valence-electron chi connectivity index (χ1n) is 22.0. The number of rotatable bonds is 5. The van der Waals surface area contributed by atoms with Crippen LogP contribution in [-0.2, 0) is 5.41 Å². The number of anilines is 3. The number of hydrogen-bond donors (Lipinski definition) is 0. The Balaban J connectivity index is 0.985. The van der Waals surface area contributed by atoms with Crippen molar-refractivity contribution in [2.24, 2.45) is 0 Å². The molecule has 298 valence electrons. The summed E-state index contributed by atoms with van der Waals surface area (Å²) in [5, 5.41) is 4.48. The fourth-order valence-electron chi connectivity index (χ4n) is 11.1. The van der Waals surface area contributed by atoms with Gasteiger partial charge in [0.15, 0.2) is 0 Å². The zero-order valence-corrected chi connectivity index (χ0v) is 34.6. The summed E-state index contributed by atoms with van der Waals surface area (Å²) in [6.07, 6.45) is 0. The van der Waals surface area contributed by atoms with Crippen molar-refractivity contribution in [2.75, 3.05) is 4.90 Å². The third-order valence-electron chi connectivity index (χ3n) is 13.9. The molecule has 0 radical (unpaired) electrons. The molecule has 0 N–H and O–H groups in total. The van der Waals surface area contributed by atoms with E-state index in [2.05, 4.69) is 205 Å². The molecular formula is C61H37NO2. The van der Waals surface area contributed by atoms with Gasteiger partial charge in [0, 0.05) is 38.6 Å². The Morgan fingerprint density at radius 2 is 0.672 bits per heavy atom. The van der Waals surface area contributed by atoms with Gasteiger partial charge in [0.2, 0.25) is 0 Å². The number of furan rings is 2. The van der Waals surface area contributed by atoms with Crippen LogP contribution in [0.2, 0.25) is 0 Å². The second kappa shape index (κ2) is 13.3. The summed E-state index contributed by atoms with van der Waals surface area (Å²) in [5.74, 6) is 0. The molecule has 1 spiro atoms. The SMILES string of the molecule is c1cc(-c2ccc3oc4ccccc4c3c2)cc(N(c2cccc(-c3ccc4oc5ccccc5c4c3)c2)c2ccc3c(c2)C2(c4ccccc4-c4ccccc42)c2ccccc2-3)c1. The van der Waals surface area contributed by atoms with Crippen molar-refractivity contribution in [1.82, 2.24) is 0 Å². The molecule has 0 aliphatic heterocycles. The highest BCUT2D eigenvalue weighted by Crippen LogP contribution is 2.63. The first-order chi connectivity index (χ1) is 31.7. The summed E-state index contributed by atoms with van der Waals surface area (Å²) in [6, 6.07) is 81.8. The smallest absolute Gasteiger partial charge is 0.135 e. The van der Waals surface area contributed by atoms with Crippen molar-refractivity contribution in [1.29, 1.82) is 0 Å². The van der Waals surface area contributed by atoms with Crippen LogP contribution in [0.1, 0.15) is 22.3 Å². The zero-order chi connectivity index (χ0) is 41.9. The summed E-state index contributed by atoms with van der Waals surface area (Å²) in [4.78, 5) is 2.44. The van der Waals surface area contributed by atoms with Crippen LogP contribution in [0.15, 0.2) is 233 Å². The van der Waals surface area contributed by atoms with E-state index < -0.39 is 5.41 Å². The van der Waals surface area contributed by atoms with E-state index in [0.29, 0.717) is 0 Å². The van der Waals surface area contributed by atoms with Crippen molar-refractivity contribution < 1.29 is 8.83 Å².